The molecular weight excluding hydrogens is 184 g/mol. The van der Waals surface area contributed by atoms with E-state index in [2.05, 4.69) is 4.90 Å². The average Bonchev–Trinajstić information content (AvgIpc) is 2.66. The van der Waals surface area contributed by atoms with Crippen molar-refractivity contribution in [1.29, 1.82) is 0 Å². The zero-order chi connectivity index (χ0) is 9.97. The Labute approximate surface area is 82.3 Å². The van der Waals surface area contributed by atoms with E-state index < -0.39 is 11.6 Å². The van der Waals surface area contributed by atoms with Crippen molar-refractivity contribution in [1.82, 2.24) is 4.90 Å². The van der Waals surface area contributed by atoms with Crippen LogP contribution in [-0.4, -0.2) is 18.0 Å². The maximum Gasteiger partial charge on any atom is 0.163 e. The van der Waals surface area contributed by atoms with E-state index in [0.717, 1.165) is 32.0 Å². The second-order valence-electron chi connectivity index (χ2n) is 3.70. The lowest BCUT2D eigenvalue weighted by atomic mass is 10.2. The topological polar surface area (TPSA) is 3.24 Å². The number of likely N-dealkylation sites (tertiary alicyclic amines) is 1. The van der Waals surface area contributed by atoms with Gasteiger partial charge in [-0.1, -0.05) is 12.1 Å². The molecule has 14 heavy (non-hydrogen) atoms. The standard InChI is InChI=1S/C11H13F2N/c12-10-5-3-4-9(11(10)13)8-14-6-1-2-7-14/h3-5H,1-2,6-8H2. The van der Waals surface area contributed by atoms with Crippen molar-refractivity contribution in [2.24, 2.45) is 0 Å². The van der Waals surface area contributed by atoms with Crippen molar-refractivity contribution in [2.75, 3.05) is 13.1 Å². The third kappa shape index (κ3) is 1.93. The fraction of sp³-hybridized carbons (Fsp3) is 0.455. The molecule has 0 amide bonds. The number of halogens is 2. The van der Waals surface area contributed by atoms with Crippen molar-refractivity contribution in [3.8, 4) is 0 Å². The molecule has 0 saturated carbocycles. The van der Waals surface area contributed by atoms with Crippen molar-refractivity contribution < 1.29 is 8.78 Å². The third-order valence-electron chi connectivity index (χ3n) is 2.62. The fourth-order valence-corrected chi connectivity index (χ4v) is 1.85. The van der Waals surface area contributed by atoms with Crippen LogP contribution in [-0.2, 0) is 6.54 Å². The molecule has 0 spiro atoms. The van der Waals surface area contributed by atoms with E-state index in [1.807, 2.05) is 0 Å². The Morgan fingerprint density at radius 1 is 1.14 bits per heavy atom. The van der Waals surface area contributed by atoms with E-state index in [1.54, 1.807) is 12.1 Å². The second kappa shape index (κ2) is 4.05. The van der Waals surface area contributed by atoms with E-state index in [1.165, 1.54) is 0 Å². The van der Waals surface area contributed by atoms with Gasteiger partial charge in [-0.2, -0.15) is 0 Å². The zero-order valence-electron chi connectivity index (χ0n) is 7.97. The first-order chi connectivity index (χ1) is 6.77. The summed E-state index contributed by atoms with van der Waals surface area (Å²) in [6.45, 7) is 2.52. The van der Waals surface area contributed by atoms with Gasteiger partial charge in [0, 0.05) is 12.1 Å². The van der Waals surface area contributed by atoms with Gasteiger partial charge in [-0.25, -0.2) is 8.78 Å². The summed E-state index contributed by atoms with van der Waals surface area (Å²) in [5.41, 5.74) is 0.465. The van der Waals surface area contributed by atoms with Crippen molar-refractivity contribution in [2.45, 2.75) is 19.4 Å². The lowest BCUT2D eigenvalue weighted by Crippen LogP contribution is -2.19. The molecule has 1 aliphatic rings. The molecule has 0 radical (unpaired) electrons. The lowest BCUT2D eigenvalue weighted by molar-refractivity contribution is 0.322. The molecular formula is C11H13F2N. The van der Waals surface area contributed by atoms with Gasteiger partial charge in [0.1, 0.15) is 0 Å². The van der Waals surface area contributed by atoms with Gasteiger partial charge in [0.05, 0.1) is 0 Å². The molecule has 1 nitrogen and oxygen atoms in total. The number of hydrogen-bond donors (Lipinski definition) is 0. The third-order valence-corrected chi connectivity index (χ3v) is 2.62. The molecule has 1 heterocycles. The average molecular weight is 197 g/mol. The van der Waals surface area contributed by atoms with E-state index in [9.17, 15) is 8.78 Å². The van der Waals surface area contributed by atoms with Gasteiger partial charge in [-0.3, -0.25) is 4.90 Å². The van der Waals surface area contributed by atoms with Gasteiger partial charge in [-0.15, -0.1) is 0 Å². The molecule has 3 heteroatoms. The minimum atomic E-state index is -0.748. The van der Waals surface area contributed by atoms with Crippen LogP contribution in [0.2, 0.25) is 0 Å². The predicted molar refractivity (Wildman–Crippen MR) is 50.9 cm³/mol. The molecule has 0 N–H and O–H groups in total. The van der Waals surface area contributed by atoms with Gasteiger partial charge in [-0.05, 0) is 32.0 Å². The van der Waals surface area contributed by atoms with Crippen molar-refractivity contribution in [3.05, 3.63) is 35.4 Å². The number of benzene rings is 1. The summed E-state index contributed by atoms with van der Waals surface area (Å²) >= 11 is 0. The first-order valence-corrected chi connectivity index (χ1v) is 4.92. The van der Waals surface area contributed by atoms with Crippen LogP contribution < -0.4 is 0 Å². The SMILES string of the molecule is Fc1cccc(CN2CCCC2)c1F. The Bertz CT molecular complexity index is 319. The van der Waals surface area contributed by atoms with E-state index in [4.69, 9.17) is 0 Å². The quantitative estimate of drug-likeness (QED) is 0.704. The molecule has 1 aliphatic heterocycles. The highest BCUT2D eigenvalue weighted by atomic mass is 19.2. The predicted octanol–water partition coefficient (Wildman–Crippen LogP) is 2.56. The number of nitrogens with zero attached hydrogens (tertiary/aromatic N) is 1. The van der Waals surface area contributed by atoms with Crippen molar-refractivity contribution >= 4 is 0 Å². The summed E-state index contributed by atoms with van der Waals surface area (Å²) in [7, 11) is 0. The van der Waals surface area contributed by atoms with Crippen LogP contribution in [0.15, 0.2) is 18.2 Å². The summed E-state index contributed by atoms with van der Waals surface area (Å²) in [6.07, 6.45) is 2.33. The minimum Gasteiger partial charge on any atom is -0.299 e. The van der Waals surface area contributed by atoms with Crippen LogP contribution in [0.4, 0.5) is 8.78 Å². The molecule has 1 fully saturated rings. The Morgan fingerprint density at radius 3 is 2.57 bits per heavy atom. The molecule has 1 aromatic rings. The molecule has 2 rings (SSSR count). The van der Waals surface area contributed by atoms with Gasteiger partial charge in [0.2, 0.25) is 0 Å². The maximum atomic E-state index is 13.3. The van der Waals surface area contributed by atoms with E-state index >= 15 is 0 Å². The van der Waals surface area contributed by atoms with E-state index in [-0.39, 0.29) is 0 Å². The molecule has 1 aromatic carbocycles. The Hall–Kier alpha value is -0.960. The Morgan fingerprint density at radius 2 is 1.86 bits per heavy atom. The molecule has 1 saturated heterocycles. The summed E-state index contributed by atoms with van der Waals surface area (Å²) < 4.78 is 26.1. The van der Waals surface area contributed by atoms with E-state index in [0.29, 0.717) is 12.1 Å². The Kier molecular flexibility index (Phi) is 2.77. The minimum absolute atomic E-state index is 0.465. The molecule has 0 bridgehead atoms. The van der Waals surface area contributed by atoms with Gasteiger partial charge >= 0.3 is 0 Å². The van der Waals surface area contributed by atoms with Gasteiger partial charge in [0.25, 0.3) is 0 Å². The van der Waals surface area contributed by atoms with Gasteiger partial charge < -0.3 is 0 Å². The highest BCUT2D eigenvalue weighted by Crippen LogP contribution is 2.16. The number of hydrogen-bond acceptors (Lipinski definition) is 1. The summed E-state index contributed by atoms with van der Waals surface area (Å²) in [4.78, 5) is 2.15. The fourth-order valence-electron chi connectivity index (χ4n) is 1.85. The molecule has 0 atom stereocenters. The van der Waals surface area contributed by atoms with Crippen LogP contribution in [0, 0.1) is 11.6 Å². The normalized spacial score (nSPS) is 17.6. The second-order valence-corrected chi connectivity index (χ2v) is 3.70. The summed E-state index contributed by atoms with van der Waals surface area (Å²) in [5, 5.41) is 0. The largest absolute Gasteiger partial charge is 0.299 e. The first-order valence-electron chi connectivity index (χ1n) is 4.92. The number of rotatable bonds is 2. The van der Waals surface area contributed by atoms with Crippen LogP contribution in [0.25, 0.3) is 0 Å². The first kappa shape index (κ1) is 9.59. The summed E-state index contributed by atoms with van der Waals surface area (Å²) in [5.74, 6) is -1.44. The van der Waals surface area contributed by atoms with Crippen LogP contribution in [0.5, 0.6) is 0 Å². The zero-order valence-corrected chi connectivity index (χ0v) is 7.97. The highest BCUT2D eigenvalue weighted by molar-refractivity contribution is 5.18. The molecule has 0 aliphatic carbocycles. The highest BCUT2D eigenvalue weighted by Gasteiger charge is 2.15. The smallest absolute Gasteiger partial charge is 0.163 e. The van der Waals surface area contributed by atoms with Crippen LogP contribution >= 0.6 is 0 Å². The van der Waals surface area contributed by atoms with Crippen molar-refractivity contribution in [3.63, 3.8) is 0 Å². The van der Waals surface area contributed by atoms with Gasteiger partial charge in [0.15, 0.2) is 11.6 Å². The Balaban J connectivity index is 2.11. The molecule has 0 aromatic heterocycles. The molecule has 0 unspecified atom stereocenters. The summed E-state index contributed by atoms with van der Waals surface area (Å²) in [6, 6.07) is 4.36. The monoisotopic (exact) mass is 197 g/mol. The maximum absolute atomic E-state index is 13.3. The van der Waals surface area contributed by atoms with Crippen LogP contribution in [0.3, 0.4) is 0 Å². The molecule has 76 valence electrons. The lowest BCUT2D eigenvalue weighted by Gasteiger charge is -2.14. The van der Waals surface area contributed by atoms with Crippen LogP contribution in [0.1, 0.15) is 18.4 Å².